The van der Waals surface area contributed by atoms with Crippen molar-refractivity contribution in [3.63, 3.8) is 0 Å². The molecule has 10 nitrogen and oxygen atoms in total. The van der Waals surface area contributed by atoms with E-state index in [4.69, 9.17) is 9.47 Å². The van der Waals surface area contributed by atoms with Crippen LogP contribution >= 0.6 is 0 Å². The van der Waals surface area contributed by atoms with Crippen LogP contribution in [0.1, 0.15) is 5.56 Å². The van der Waals surface area contributed by atoms with Crippen molar-refractivity contribution in [1.29, 1.82) is 0 Å². The summed E-state index contributed by atoms with van der Waals surface area (Å²) in [7, 11) is 2.85. The summed E-state index contributed by atoms with van der Waals surface area (Å²) in [6, 6.07) is 9.92. The van der Waals surface area contributed by atoms with E-state index in [9.17, 15) is 19.7 Å². The van der Waals surface area contributed by atoms with Gasteiger partial charge in [-0.3, -0.25) is 19.7 Å². The Kier molecular flexibility index (Phi) is 6.05. The van der Waals surface area contributed by atoms with Crippen LogP contribution in [0.3, 0.4) is 0 Å². The summed E-state index contributed by atoms with van der Waals surface area (Å²) in [5.41, 5.74) is 1.46. The van der Waals surface area contributed by atoms with Crippen LogP contribution in [0, 0.1) is 17.0 Å². The van der Waals surface area contributed by atoms with Gasteiger partial charge in [0.2, 0.25) is 5.91 Å². The van der Waals surface area contributed by atoms with Crippen molar-refractivity contribution in [3.8, 4) is 11.5 Å². The zero-order valence-corrected chi connectivity index (χ0v) is 16.8. The number of rotatable bonds is 6. The number of carbonyl (C=O) groups excluding carboxylic acids is 2. The second-order valence-electron chi connectivity index (χ2n) is 6.71. The molecule has 1 heterocycles. The van der Waals surface area contributed by atoms with Gasteiger partial charge in [-0.1, -0.05) is 12.1 Å². The van der Waals surface area contributed by atoms with Gasteiger partial charge in [0, 0.05) is 24.9 Å². The van der Waals surface area contributed by atoms with Crippen LogP contribution in [0.2, 0.25) is 0 Å². The molecule has 0 saturated heterocycles. The van der Waals surface area contributed by atoms with Crippen LogP contribution in [0.25, 0.3) is 0 Å². The molecule has 0 aliphatic carbocycles. The Morgan fingerprint density at radius 1 is 1.33 bits per heavy atom. The van der Waals surface area contributed by atoms with Crippen molar-refractivity contribution in [2.45, 2.75) is 13.0 Å². The molecule has 2 N–H and O–H groups in total. The van der Waals surface area contributed by atoms with E-state index in [1.165, 1.54) is 26.3 Å². The van der Waals surface area contributed by atoms with Crippen LogP contribution in [0.5, 0.6) is 11.5 Å². The normalized spacial score (nSPS) is 14.9. The Bertz CT molecular complexity index is 993. The van der Waals surface area contributed by atoms with Crippen molar-refractivity contribution in [2.75, 3.05) is 37.5 Å². The number of nitro groups is 1. The van der Waals surface area contributed by atoms with Crippen LogP contribution < -0.4 is 25.0 Å². The fraction of sp³-hybridized carbons (Fsp3) is 0.300. The molecule has 3 rings (SSSR count). The smallest absolute Gasteiger partial charge is 0.311 e. The van der Waals surface area contributed by atoms with Crippen LogP contribution in [-0.4, -0.2) is 50.1 Å². The summed E-state index contributed by atoms with van der Waals surface area (Å²) >= 11 is 0. The molecule has 1 aliphatic rings. The minimum Gasteiger partial charge on any atom is -0.490 e. The van der Waals surface area contributed by atoms with E-state index in [0.29, 0.717) is 22.7 Å². The monoisotopic (exact) mass is 414 g/mol. The zero-order valence-electron chi connectivity index (χ0n) is 16.8. The van der Waals surface area contributed by atoms with Gasteiger partial charge in [0.05, 0.1) is 30.8 Å². The molecule has 158 valence electrons. The van der Waals surface area contributed by atoms with E-state index < -0.39 is 11.0 Å². The lowest BCUT2D eigenvalue weighted by atomic mass is 10.1. The third-order valence-electron chi connectivity index (χ3n) is 4.73. The first kappa shape index (κ1) is 20.9. The molecular weight excluding hydrogens is 392 g/mol. The van der Waals surface area contributed by atoms with Crippen molar-refractivity contribution in [2.24, 2.45) is 0 Å². The number of para-hydroxylation sites is 2. The number of benzene rings is 2. The van der Waals surface area contributed by atoms with Gasteiger partial charge in [0.1, 0.15) is 5.75 Å². The highest BCUT2D eigenvalue weighted by atomic mass is 16.6. The van der Waals surface area contributed by atoms with Crippen molar-refractivity contribution >= 4 is 28.9 Å². The van der Waals surface area contributed by atoms with E-state index in [1.54, 1.807) is 24.0 Å². The van der Waals surface area contributed by atoms with Crippen LogP contribution in [0.4, 0.5) is 17.1 Å². The number of ether oxygens (including phenoxy) is 2. The van der Waals surface area contributed by atoms with Gasteiger partial charge < -0.3 is 25.0 Å². The van der Waals surface area contributed by atoms with Gasteiger partial charge in [-0.05, 0) is 24.6 Å². The number of nitrogens with one attached hydrogen (secondary N) is 2. The second kappa shape index (κ2) is 8.68. The van der Waals surface area contributed by atoms with Gasteiger partial charge >= 0.3 is 5.69 Å². The second-order valence-corrected chi connectivity index (χ2v) is 6.71. The van der Waals surface area contributed by atoms with Gasteiger partial charge in [0.25, 0.3) is 5.91 Å². The lowest BCUT2D eigenvalue weighted by Crippen LogP contribution is -2.50. The number of hydrogen-bond donors (Lipinski definition) is 2. The summed E-state index contributed by atoms with van der Waals surface area (Å²) in [6.45, 7) is 1.83. The highest BCUT2D eigenvalue weighted by Gasteiger charge is 2.31. The van der Waals surface area contributed by atoms with E-state index in [-0.39, 0.29) is 36.3 Å². The SMILES string of the molecule is CNC(=O)[C@H]1CN(CC(=O)Nc2cc(OC)c([N+](=O)[O-])cc2C)c2ccccc2O1. The fourth-order valence-corrected chi connectivity index (χ4v) is 3.23. The number of amides is 2. The van der Waals surface area contributed by atoms with Gasteiger partial charge in [0.15, 0.2) is 11.9 Å². The van der Waals surface area contributed by atoms with Crippen LogP contribution in [0.15, 0.2) is 36.4 Å². The zero-order chi connectivity index (χ0) is 21.8. The maximum Gasteiger partial charge on any atom is 0.311 e. The predicted molar refractivity (Wildman–Crippen MR) is 110 cm³/mol. The number of nitro benzene ring substituents is 1. The number of nitrogens with zero attached hydrogens (tertiary/aromatic N) is 2. The highest BCUT2D eigenvalue weighted by Crippen LogP contribution is 2.34. The molecule has 0 radical (unpaired) electrons. The number of aryl methyl sites for hydroxylation is 1. The maximum absolute atomic E-state index is 12.7. The Morgan fingerprint density at radius 2 is 2.07 bits per heavy atom. The molecule has 1 aliphatic heterocycles. The molecular formula is C20H22N4O6. The third-order valence-corrected chi connectivity index (χ3v) is 4.73. The molecule has 2 aromatic rings. The Balaban J connectivity index is 1.80. The van der Waals surface area contributed by atoms with E-state index in [2.05, 4.69) is 10.6 Å². The Hall–Kier alpha value is -3.82. The quantitative estimate of drug-likeness (QED) is 0.546. The van der Waals surface area contributed by atoms with Crippen LogP contribution in [-0.2, 0) is 9.59 Å². The molecule has 2 amide bonds. The lowest BCUT2D eigenvalue weighted by Gasteiger charge is -2.35. The first-order chi connectivity index (χ1) is 14.3. The van der Waals surface area contributed by atoms with Gasteiger partial charge in [-0.25, -0.2) is 0 Å². The van der Waals surface area contributed by atoms with Crippen molar-refractivity contribution < 1.29 is 24.0 Å². The molecule has 0 fully saturated rings. The molecule has 0 spiro atoms. The lowest BCUT2D eigenvalue weighted by molar-refractivity contribution is -0.385. The topological polar surface area (TPSA) is 123 Å². The van der Waals surface area contributed by atoms with Gasteiger partial charge in [-0.2, -0.15) is 0 Å². The summed E-state index contributed by atoms with van der Waals surface area (Å²) in [5.74, 6) is -0.0668. The average Bonchev–Trinajstić information content (AvgIpc) is 2.73. The van der Waals surface area contributed by atoms with E-state index in [0.717, 1.165) is 0 Å². The largest absolute Gasteiger partial charge is 0.490 e. The molecule has 0 saturated carbocycles. The van der Waals surface area contributed by atoms with E-state index >= 15 is 0 Å². The summed E-state index contributed by atoms with van der Waals surface area (Å²) < 4.78 is 10.8. The first-order valence-corrected chi connectivity index (χ1v) is 9.19. The molecule has 30 heavy (non-hydrogen) atoms. The third kappa shape index (κ3) is 4.27. The molecule has 1 atom stereocenters. The molecule has 10 heteroatoms. The molecule has 0 bridgehead atoms. The Labute approximate surface area is 172 Å². The van der Waals surface area contributed by atoms with E-state index in [1.807, 2.05) is 12.1 Å². The summed E-state index contributed by atoms with van der Waals surface area (Å²) in [6.07, 6.45) is -0.751. The highest BCUT2D eigenvalue weighted by molar-refractivity contribution is 5.96. The number of likely N-dealkylation sites (N-methyl/N-ethyl adjacent to an activating group) is 1. The minimum atomic E-state index is -0.751. The van der Waals surface area contributed by atoms with Crippen molar-refractivity contribution in [1.82, 2.24) is 5.32 Å². The molecule has 0 unspecified atom stereocenters. The van der Waals surface area contributed by atoms with Gasteiger partial charge in [-0.15, -0.1) is 0 Å². The summed E-state index contributed by atoms with van der Waals surface area (Å²) in [4.78, 5) is 37.2. The number of methoxy groups -OCH3 is 1. The molecule has 2 aromatic carbocycles. The number of anilines is 2. The average molecular weight is 414 g/mol. The number of hydrogen-bond acceptors (Lipinski definition) is 7. The number of carbonyl (C=O) groups is 2. The first-order valence-electron chi connectivity index (χ1n) is 9.19. The fourth-order valence-electron chi connectivity index (χ4n) is 3.23. The predicted octanol–water partition coefficient (Wildman–Crippen LogP) is 1.86. The summed E-state index contributed by atoms with van der Waals surface area (Å²) in [5, 5.41) is 16.5. The van der Waals surface area contributed by atoms with Crippen molar-refractivity contribution in [3.05, 3.63) is 52.1 Å². The molecule has 0 aromatic heterocycles. The standard InChI is InChI=1S/C20H22N4O6/c1-12-8-15(24(27)28)17(29-3)9-13(12)22-19(25)11-23-10-18(20(26)21-2)30-16-7-5-4-6-14(16)23/h4-9,18H,10-11H2,1-3H3,(H,21,26)(H,22,25)/t18-/m1/s1. The Morgan fingerprint density at radius 3 is 2.73 bits per heavy atom. The number of fused-ring (bicyclic) bond motifs is 1. The minimum absolute atomic E-state index is 0.0351. The maximum atomic E-state index is 12.7.